The van der Waals surface area contributed by atoms with Crippen LogP contribution in [0.25, 0.3) is 10.9 Å². The van der Waals surface area contributed by atoms with Crippen molar-refractivity contribution < 1.29 is 14.4 Å². The Hall–Kier alpha value is -2.15. The number of hydrogen-bond acceptors (Lipinski definition) is 3. The highest BCUT2D eigenvalue weighted by Crippen LogP contribution is 2.42. The maximum Gasteiger partial charge on any atom is 0.261 e. The minimum Gasteiger partial charge on any atom is -0.350 e. The molecule has 0 bridgehead atoms. The second-order valence-electron chi connectivity index (χ2n) is 5.61. The average Bonchev–Trinajstić information content (AvgIpc) is 2.91. The van der Waals surface area contributed by atoms with Gasteiger partial charge in [0.15, 0.2) is 0 Å². The van der Waals surface area contributed by atoms with Crippen LogP contribution in [0.5, 0.6) is 0 Å². The minimum absolute atomic E-state index is 0.187. The molecule has 1 saturated heterocycles. The molecule has 3 heterocycles. The Morgan fingerprint density at radius 2 is 2.05 bits per heavy atom. The molecule has 1 aromatic heterocycles. The average molecular weight is 362 g/mol. The molecule has 112 valence electrons. The van der Waals surface area contributed by atoms with E-state index in [9.17, 15) is 14.4 Å². The van der Waals surface area contributed by atoms with Crippen LogP contribution in [0.15, 0.2) is 22.8 Å². The van der Waals surface area contributed by atoms with Gasteiger partial charge in [0.05, 0.1) is 16.8 Å². The standard InChI is InChI=1S/C15H12BrN3O3/c1-18-6-8-13-10(18)4-7(16)5-11(13)19(15(8)22)9-2-3-12(20)17-14(9)21/h4-6,9H,2-3H2,1H3,(H,17,20,21). The van der Waals surface area contributed by atoms with Crippen molar-refractivity contribution in [2.45, 2.75) is 18.9 Å². The number of aromatic nitrogens is 1. The third kappa shape index (κ3) is 1.68. The van der Waals surface area contributed by atoms with Gasteiger partial charge in [0.2, 0.25) is 11.8 Å². The minimum atomic E-state index is -0.639. The van der Waals surface area contributed by atoms with E-state index in [2.05, 4.69) is 21.2 Å². The number of benzene rings is 1. The summed E-state index contributed by atoms with van der Waals surface area (Å²) in [4.78, 5) is 37.7. The number of nitrogens with zero attached hydrogens (tertiary/aromatic N) is 2. The fraction of sp³-hybridized carbons (Fsp3) is 0.267. The highest BCUT2D eigenvalue weighted by molar-refractivity contribution is 9.10. The van der Waals surface area contributed by atoms with Crippen molar-refractivity contribution in [3.8, 4) is 0 Å². The number of carbonyl (C=O) groups excluding carboxylic acids is 3. The fourth-order valence-electron chi connectivity index (χ4n) is 3.29. The highest BCUT2D eigenvalue weighted by atomic mass is 79.9. The van der Waals surface area contributed by atoms with Crippen LogP contribution in [-0.2, 0) is 16.6 Å². The molecule has 7 heteroatoms. The first kappa shape index (κ1) is 13.5. The zero-order chi connectivity index (χ0) is 15.6. The van der Waals surface area contributed by atoms with Gasteiger partial charge in [-0.15, -0.1) is 0 Å². The molecular weight excluding hydrogens is 350 g/mol. The van der Waals surface area contributed by atoms with Crippen molar-refractivity contribution in [1.82, 2.24) is 9.88 Å². The lowest BCUT2D eigenvalue weighted by molar-refractivity contribution is -0.134. The molecule has 22 heavy (non-hydrogen) atoms. The number of carbonyl (C=O) groups is 3. The maximum absolute atomic E-state index is 12.8. The molecule has 1 atom stereocenters. The summed E-state index contributed by atoms with van der Waals surface area (Å²) in [7, 11) is 1.89. The van der Waals surface area contributed by atoms with Crippen molar-refractivity contribution in [3.05, 3.63) is 28.4 Å². The second-order valence-corrected chi connectivity index (χ2v) is 6.53. The first-order valence-corrected chi connectivity index (χ1v) is 7.72. The lowest BCUT2D eigenvalue weighted by atomic mass is 10.0. The van der Waals surface area contributed by atoms with E-state index < -0.39 is 11.9 Å². The Labute approximate surface area is 134 Å². The molecule has 0 spiro atoms. The van der Waals surface area contributed by atoms with Crippen LogP contribution in [0.3, 0.4) is 0 Å². The van der Waals surface area contributed by atoms with Gasteiger partial charge in [-0.3, -0.25) is 24.6 Å². The molecule has 2 aromatic rings. The predicted octanol–water partition coefficient (Wildman–Crippen LogP) is 1.71. The summed E-state index contributed by atoms with van der Waals surface area (Å²) in [6.07, 6.45) is 2.38. The smallest absolute Gasteiger partial charge is 0.261 e. The number of imide groups is 1. The van der Waals surface area contributed by atoms with Crippen LogP contribution in [0, 0.1) is 0 Å². The van der Waals surface area contributed by atoms with Gasteiger partial charge in [-0.2, -0.15) is 0 Å². The molecule has 4 rings (SSSR count). The summed E-state index contributed by atoms with van der Waals surface area (Å²) in [6, 6.07) is 3.16. The van der Waals surface area contributed by atoms with Gasteiger partial charge in [0.25, 0.3) is 5.91 Å². The van der Waals surface area contributed by atoms with E-state index in [0.717, 1.165) is 21.1 Å². The van der Waals surface area contributed by atoms with Gasteiger partial charge < -0.3 is 4.57 Å². The van der Waals surface area contributed by atoms with E-state index in [0.29, 0.717) is 12.0 Å². The summed E-state index contributed by atoms with van der Waals surface area (Å²) in [5.41, 5.74) is 2.26. The maximum atomic E-state index is 12.8. The quantitative estimate of drug-likeness (QED) is 0.786. The van der Waals surface area contributed by atoms with Gasteiger partial charge in [-0.1, -0.05) is 15.9 Å². The van der Waals surface area contributed by atoms with Crippen LogP contribution < -0.4 is 10.2 Å². The normalized spacial score (nSPS) is 20.9. The van der Waals surface area contributed by atoms with Crippen LogP contribution in [0.1, 0.15) is 23.2 Å². The molecule has 2 aliphatic rings. The third-order valence-electron chi connectivity index (χ3n) is 4.26. The van der Waals surface area contributed by atoms with E-state index in [1.807, 2.05) is 23.7 Å². The molecule has 0 saturated carbocycles. The number of aryl methyl sites for hydroxylation is 1. The number of halogens is 1. The van der Waals surface area contributed by atoms with E-state index in [-0.39, 0.29) is 18.2 Å². The summed E-state index contributed by atoms with van der Waals surface area (Å²) in [5, 5.41) is 3.18. The number of anilines is 1. The van der Waals surface area contributed by atoms with E-state index in [4.69, 9.17) is 0 Å². The Bertz CT molecular complexity index is 871. The molecule has 6 nitrogen and oxygen atoms in total. The van der Waals surface area contributed by atoms with Gasteiger partial charge in [0.1, 0.15) is 6.04 Å². The summed E-state index contributed by atoms with van der Waals surface area (Å²) < 4.78 is 2.74. The third-order valence-corrected chi connectivity index (χ3v) is 4.72. The van der Waals surface area contributed by atoms with Gasteiger partial charge in [-0.05, 0) is 18.6 Å². The van der Waals surface area contributed by atoms with Crippen molar-refractivity contribution in [2.24, 2.45) is 7.05 Å². The summed E-state index contributed by atoms with van der Waals surface area (Å²) in [5.74, 6) is -0.883. The zero-order valence-corrected chi connectivity index (χ0v) is 13.3. The topological polar surface area (TPSA) is 71.4 Å². The van der Waals surface area contributed by atoms with Gasteiger partial charge in [-0.25, -0.2) is 0 Å². The van der Waals surface area contributed by atoms with Gasteiger partial charge in [0, 0.05) is 29.5 Å². The Morgan fingerprint density at radius 1 is 1.27 bits per heavy atom. The molecule has 1 fully saturated rings. The fourth-order valence-corrected chi connectivity index (χ4v) is 3.72. The van der Waals surface area contributed by atoms with E-state index in [1.165, 1.54) is 4.90 Å². The number of piperidine rings is 1. The molecule has 3 amide bonds. The van der Waals surface area contributed by atoms with Gasteiger partial charge >= 0.3 is 0 Å². The largest absolute Gasteiger partial charge is 0.350 e. The second kappa shape index (κ2) is 4.42. The van der Waals surface area contributed by atoms with Crippen LogP contribution >= 0.6 is 15.9 Å². The monoisotopic (exact) mass is 361 g/mol. The molecule has 0 radical (unpaired) electrons. The predicted molar refractivity (Wildman–Crippen MR) is 83.6 cm³/mol. The number of rotatable bonds is 1. The van der Waals surface area contributed by atoms with Crippen molar-refractivity contribution in [2.75, 3.05) is 4.90 Å². The van der Waals surface area contributed by atoms with Crippen molar-refractivity contribution >= 4 is 50.2 Å². The lowest BCUT2D eigenvalue weighted by Gasteiger charge is -2.30. The van der Waals surface area contributed by atoms with Crippen molar-refractivity contribution in [3.63, 3.8) is 0 Å². The molecule has 1 N–H and O–H groups in total. The molecule has 1 unspecified atom stereocenters. The zero-order valence-electron chi connectivity index (χ0n) is 11.7. The Morgan fingerprint density at radius 3 is 2.77 bits per heavy atom. The van der Waals surface area contributed by atoms with Crippen molar-refractivity contribution in [1.29, 1.82) is 0 Å². The Kier molecular flexibility index (Phi) is 2.72. The van der Waals surface area contributed by atoms with Crippen LogP contribution in [0.2, 0.25) is 0 Å². The SMILES string of the molecule is Cn1cc2c3c(cc(Br)cc31)N(C1CCC(=O)NC1=O)C2=O. The molecule has 2 aliphatic heterocycles. The lowest BCUT2D eigenvalue weighted by Crippen LogP contribution is -2.53. The highest BCUT2D eigenvalue weighted by Gasteiger charge is 2.41. The number of amides is 3. The number of hydrogen-bond donors (Lipinski definition) is 1. The summed E-state index contributed by atoms with van der Waals surface area (Å²) >= 11 is 3.46. The summed E-state index contributed by atoms with van der Waals surface area (Å²) in [6.45, 7) is 0. The Balaban J connectivity index is 1.89. The molecule has 0 aliphatic carbocycles. The first-order chi connectivity index (χ1) is 10.5. The van der Waals surface area contributed by atoms with Crippen LogP contribution in [0.4, 0.5) is 5.69 Å². The first-order valence-electron chi connectivity index (χ1n) is 6.93. The van der Waals surface area contributed by atoms with Crippen LogP contribution in [-0.4, -0.2) is 28.3 Å². The molecular formula is C15H12BrN3O3. The van der Waals surface area contributed by atoms with E-state index in [1.54, 1.807) is 6.20 Å². The van der Waals surface area contributed by atoms with E-state index >= 15 is 0 Å². The number of nitrogens with one attached hydrogen (secondary N) is 1. The molecule has 1 aromatic carbocycles.